The molecule has 90 valence electrons. The molecule has 0 saturated carbocycles. The molecule has 0 amide bonds. The van der Waals surface area contributed by atoms with Gasteiger partial charge in [0.2, 0.25) is 0 Å². The van der Waals surface area contributed by atoms with Crippen LogP contribution in [0, 0.1) is 5.92 Å². The first-order valence-corrected chi connectivity index (χ1v) is 5.43. The number of nitrogens with one attached hydrogen (secondary N) is 2. The van der Waals surface area contributed by atoms with Gasteiger partial charge in [0.15, 0.2) is 0 Å². The second-order valence-corrected chi connectivity index (χ2v) is 4.12. The Kier molecular flexibility index (Phi) is 4.98. The minimum Gasteiger partial charge on any atom is -0.468 e. The van der Waals surface area contributed by atoms with E-state index in [-0.39, 0.29) is 12.0 Å². The van der Waals surface area contributed by atoms with Crippen LogP contribution in [0.2, 0.25) is 0 Å². The lowest BCUT2D eigenvalue weighted by Crippen LogP contribution is -2.38. The lowest BCUT2D eigenvalue weighted by Gasteiger charge is -2.17. The molecule has 5 nitrogen and oxygen atoms in total. The number of methoxy groups -OCH3 is 1. The van der Waals surface area contributed by atoms with Crippen LogP contribution in [-0.2, 0) is 16.1 Å². The lowest BCUT2D eigenvalue weighted by molar-refractivity contribution is -0.143. The van der Waals surface area contributed by atoms with Gasteiger partial charge in [-0.2, -0.15) is 0 Å². The van der Waals surface area contributed by atoms with Crippen LogP contribution in [0.3, 0.4) is 0 Å². The summed E-state index contributed by atoms with van der Waals surface area (Å²) in [7, 11) is 1.41. The first-order valence-electron chi connectivity index (χ1n) is 5.43. The Labute approximate surface area is 95.6 Å². The predicted octanol–water partition coefficient (Wildman–Crippen LogP) is 1.09. The first kappa shape index (κ1) is 12.7. The molecule has 1 atom stereocenters. The van der Waals surface area contributed by atoms with Crippen molar-refractivity contribution in [1.29, 1.82) is 0 Å². The minimum atomic E-state index is -0.268. The second-order valence-electron chi connectivity index (χ2n) is 4.12. The number of aromatic amines is 1. The van der Waals surface area contributed by atoms with Gasteiger partial charge in [-0.15, -0.1) is 0 Å². The summed E-state index contributed by atoms with van der Waals surface area (Å²) in [5, 5.41) is 3.14. The normalized spacial score (nSPS) is 12.8. The number of carbonyl (C=O) groups is 1. The molecule has 0 aromatic carbocycles. The summed E-state index contributed by atoms with van der Waals surface area (Å²) in [6.07, 6.45) is 4.20. The average Bonchev–Trinajstić information content (AvgIpc) is 2.75. The van der Waals surface area contributed by atoms with Gasteiger partial charge in [-0.05, 0) is 12.3 Å². The van der Waals surface area contributed by atoms with Gasteiger partial charge in [0.05, 0.1) is 13.7 Å². The van der Waals surface area contributed by atoms with Crippen molar-refractivity contribution in [2.45, 2.75) is 32.9 Å². The number of imidazole rings is 1. The molecule has 16 heavy (non-hydrogen) atoms. The Balaban J connectivity index is 2.46. The number of esters is 1. The van der Waals surface area contributed by atoms with E-state index in [1.54, 1.807) is 12.4 Å². The van der Waals surface area contributed by atoms with Crippen LogP contribution in [0.1, 0.15) is 26.1 Å². The fourth-order valence-corrected chi connectivity index (χ4v) is 1.49. The van der Waals surface area contributed by atoms with Gasteiger partial charge < -0.3 is 9.72 Å². The summed E-state index contributed by atoms with van der Waals surface area (Å²) in [4.78, 5) is 18.6. The zero-order valence-corrected chi connectivity index (χ0v) is 9.99. The van der Waals surface area contributed by atoms with Crippen LogP contribution in [0.25, 0.3) is 0 Å². The van der Waals surface area contributed by atoms with Crippen molar-refractivity contribution in [3.63, 3.8) is 0 Å². The topological polar surface area (TPSA) is 67.0 Å². The van der Waals surface area contributed by atoms with Crippen molar-refractivity contribution in [2.75, 3.05) is 7.11 Å². The summed E-state index contributed by atoms with van der Waals surface area (Å²) < 4.78 is 4.75. The minimum absolute atomic E-state index is 0.222. The van der Waals surface area contributed by atoms with Gasteiger partial charge in [-0.1, -0.05) is 13.8 Å². The van der Waals surface area contributed by atoms with E-state index in [4.69, 9.17) is 4.74 Å². The molecule has 1 aromatic heterocycles. The van der Waals surface area contributed by atoms with Gasteiger partial charge in [0.1, 0.15) is 11.9 Å². The highest BCUT2D eigenvalue weighted by atomic mass is 16.5. The standard InChI is InChI=1S/C11H19N3O2/c1-8(2)6-9(11(15)16-3)14-7-10-12-4-5-13-10/h4-5,8-9,14H,6-7H2,1-3H3,(H,12,13). The number of hydrogen-bond donors (Lipinski definition) is 2. The zero-order valence-electron chi connectivity index (χ0n) is 9.99. The van der Waals surface area contributed by atoms with Crippen LogP contribution in [0.15, 0.2) is 12.4 Å². The van der Waals surface area contributed by atoms with Crippen molar-refractivity contribution in [2.24, 2.45) is 5.92 Å². The number of aromatic nitrogens is 2. The van der Waals surface area contributed by atoms with E-state index >= 15 is 0 Å². The molecule has 2 N–H and O–H groups in total. The molecule has 0 aliphatic rings. The summed E-state index contributed by atoms with van der Waals surface area (Å²) in [6, 6.07) is -0.268. The van der Waals surface area contributed by atoms with E-state index in [1.165, 1.54) is 7.11 Å². The van der Waals surface area contributed by atoms with E-state index in [1.807, 2.05) is 0 Å². The maximum atomic E-state index is 11.5. The number of carbonyl (C=O) groups excluding carboxylic acids is 1. The molecule has 0 aliphatic carbocycles. The van der Waals surface area contributed by atoms with Crippen LogP contribution in [-0.4, -0.2) is 29.1 Å². The molecule has 0 radical (unpaired) electrons. The maximum Gasteiger partial charge on any atom is 0.322 e. The van der Waals surface area contributed by atoms with Gasteiger partial charge in [-0.25, -0.2) is 4.98 Å². The molecule has 0 bridgehead atoms. The number of ether oxygens (including phenoxy) is 1. The number of nitrogens with zero attached hydrogens (tertiary/aromatic N) is 1. The first-order chi connectivity index (χ1) is 7.63. The molecule has 0 spiro atoms. The molecule has 1 heterocycles. The van der Waals surface area contributed by atoms with Crippen LogP contribution < -0.4 is 5.32 Å². The average molecular weight is 225 g/mol. The molecule has 0 fully saturated rings. The molecule has 1 rings (SSSR count). The number of rotatable bonds is 6. The lowest BCUT2D eigenvalue weighted by atomic mass is 10.0. The smallest absolute Gasteiger partial charge is 0.322 e. The van der Waals surface area contributed by atoms with E-state index in [9.17, 15) is 4.79 Å². The van der Waals surface area contributed by atoms with Crippen molar-refractivity contribution in [3.05, 3.63) is 18.2 Å². The third kappa shape index (κ3) is 4.02. The molecular weight excluding hydrogens is 206 g/mol. The van der Waals surface area contributed by atoms with Crippen LogP contribution >= 0.6 is 0 Å². The monoisotopic (exact) mass is 225 g/mol. The Morgan fingerprint density at radius 1 is 1.62 bits per heavy atom. The molecule has 1 aromatic rings. The fourth-order valence-electron chi connectivity index (χ4n) is 1.49. The number of H-pyrrole nitrogens is 1. The van der Waals surface area contributed by atoms with Crippen molar-refractivity contribution >= 4 is 5.97 Å². The van der Waals surface area contributed by atoms with Crippen LogP contribution in [0.4, 0.5) is 0 Å². The van der Waals surface area contributed by atoms with Gasteiger partial charge >= 0.3 is 5.97 Å². The summed E-state index contributed by atoms with van der Waals surface area (Å²) >= 11 is 0. The van der Waals surface area contributed by atoms with Gasteiger partial charge in [0.25, 0.3) is 0 Å². The Bertz CT molecular complexity index is 309. The summed E-state index contributed by atoms with van der Waals surface area (Å²) in [6.45, 7) is 4.69. The summed E-state index contributed by atoms with van der Waals surface area (Å²) in [5.74, 6) is 1.03. The number of hydrogen-bond acceptors (Lipinski definition) is 4. The highest BCUT2D eigenvalue weighted by Gasteiger charge is 2.19. The molecule has 0 saturated heterocycles. The van der Waals surface area contributed by atoms with E-state index in [0.29, 0.717) is 12.5 Å². The van der Waals surface area contributed by atoms with E-state index < -0.39 is 0 Å². The predicted molar refractivity (Wildman–Crippen MR) is 60.7 cm³/mol. The second kappa shape index (κ2) is 6.27. The molecule has 1 unspecified atom stereocenters. The van der Waals surface area contributed by atoms with Gasteiger partial charge in [-0.3, -0.25) is 10.1 Å². The Morgan fingerprint density at radius 3 is 2.88 bits per heavy atom. The third-order valence-electron chi connectivity index (χ3n) is 2.26. The Hall–Kier alpha value is -1.36. The Morgan fingerprint density at radius 2 is 2.38 bits per heavy atom. The molecule has 0 aliphatic heterocycles. The van der Waals surface area contributed by atoms with E-state index in [0.717, 1.165) is 12.2 Å². The third-order valence-corrected chi connectivity index (χ3v) is 2.26. The zero-order chi connectivity index (χ0) is 12.0. The van der Waals surface area contributed by atoms with Crippen molar-refractivity contribution in [1.82, 2.24) is 15.3 Å². The fraction of sp³-hybridized carbons (Fsp3) is 0.636. The van der Waals surface area contributed by atoms with Crippen molar-refractivity contribution in [3.8, 4) is 0 Å². The SMILES string of the molecule is COC(=O)C(CC(C)C)NCc1ncc[nH]1. The van der Waals surface area contributed by atoms with E-state index in [2.05, 4.69) is 29.1 Å². The summed E-state index contributed by atoms with van der Waals surface area (Å²) in [5.41, 5.74) is 0. The quantitative estimate of drug-likeness (QED) is 0.711. The largest absolute Gasteiger partial charge is 0.468 e. The van der Waals surface area contributed by atoms with Crippen molar-refractivity contribution < 1.29 is 9.53 Å². The van der Waals surface area contributed by atoms with Crippen LogP contribution in [0.5, 0.6) is 0 Å². The van der Waals surface area contributed by atoms with Gasteiger partial charge in [0, 0.05) is 12.4 Å². The highest BCUT2D eigenvalue weighted by Crippen LogP contribution is 2.06. The molecule has 5 heteroatoms. The maximum absolute atomic E-state index is 11.5. The highest BCUT2D eigenvalue weighted by molar-refractivity contribution is 5.75. The molecular formula is C11H19N3O2.